The Hall–Kier alpha value is -1.22. The summed E-state index contributed by atoms with van der Waals surface area (Å²) in [5.74, 6) is 0.918. The van der Waals surface area contributed by atoms with E-state index in [-0.39, 0.29) is 0 Å². The summed E-state index contributed by atoms with van der Waals surface area (Å²) >= 11 is 0. The van der Waals surface area contributed by atoms with Crippen LogP contribution in [0.3, 0.4) is 0 Å². The van der Waals surface area contributed by atoms with E-state index in [1.54, 1.807) is 7.11 Å². The number of methoxy groups -OCH3 is 1. The monoisotopic (exact) mass is 248 g/mol. The highest BCUT2D eigenvalue weighted by Crippen LogP contribution is 2.32. The third-order valence-electron chi connectivity index (χ3n) is 4.16. The highest BCUT2D eigenvalue weighted by molar-refractivity contribution is 5.49. The van der Waals surface area contributed by atoms with E-state index in [0.717, 1.165) is 18.8 Å². The number of rotatable bonds is 3. The topological polar surface area (TPSA) is 24.5 Å². The minimum atomic E-state index is 0.373. The summed E-state index contributed by atoms with van der Waals surface area (Å²) in [5, 5.41) is 3.45. The Labute approximate surface area is 110 Å². The van der Waals surface area contributed by atoms with Gasteiger partial charge in [-0.3, -0.25) is 0 Å². The maximum Gasteiger partial charge on any atom is 0.119 e. The molecule has 2 rings (SSSR count). The molecule has 1 aliphatic heterocycles. The van der Waals surface area contributed by atoms with E-state index in [0.29, 0.717) is 11.5 Å². The maximum absolute atomic E-state index is 5.20. The summed E-state index contributed by atoms with van der Waals surface area (Å²) in [6, 6.07) is 8.88. The molecule has 3 heteroatoms. The zero-order valence-electron chi connectivity index (χ0n) is 11.9. The predicted octanol–water partition coefficient (Wildman–Crippen LogP) is 2.52. The lowest BCUT2D eigenvalue weighted by Gasteiger charge is -2.44. The first-order chi connectivity index (χ1) is 8.56. The van der Waals surface area contributed by atoms with Gasteiger partial charge in [0, 0.05) is 24.8 Å². The number of ether oxygens (including phenoxy) is 1. The van der Waals surface area contributed by atoms with E-state index in [1.165, 1.54) is 12.1 Å². The number of piperidine rings is 1. The van der Waals surface area contributed by atoms with Crippen LogP contribution in [0, 0.1) is 5.41 Å². The second-order valence-electron chi connectivity index (χ2n) is 5.72. The molecular formula is C15H24N2O. The van der Waals surface area contributed by atoms with Crippen molar-refractivity contribution in [2.24, 2.45) is 5.41 Å². The van der Waals surface area contributed by atoms with E-state index in [4.69, 9.17) is 4.74 Å². The van der Waals surface area contributed by atoms with Crippen LogP contribution >= 0.6 is 0 Å². The first kappa shape index (κ1) is 13.2. The maximum atomic E-state index is 5.20. The number of nitrogens with zero attached hydrogens (tertiary/aromatic N) is 1. The van der Waals surface area contributed by atoms with Crippen LogP contribution in [-0.2, 0) is 0 Å². The van der Waals surface area contributed by atoms with Gasteiger partial charge in [-0.05, 0) is 43.1 Å². The molecule has 1 heterocycles. The van der Waals surface area contributed by atoms with Crippen LogP contribution in [-0.4, -0.2) is 33.3 Å². The van der Waals surface area contributed by atoms with Gasteiger partial charge < -0.3 is 15.0 Å². The zero-order valence-corrected chi connectivity index (χ0v) is 11.9. The minimum Gasteiger partial charge on any atom is -0.497 e. The third kappa shape index (κ3) is 2.61. The smallest absolute Gasteiger partial charge is 0.119 e. The molecule has 1 fully saturated rings. The summed E-state index contributed by atoms with van der Waals surface area (Å²) in [5.41, 5.74) is 1.66. The van der Waals surface area contributed by atoms with Gasteiger partial charge in [-0.25, -0.2) is 0 Å². The number of benzene rings is 1. The number of likely N-dealkylation sites (N-methyl/N-ethyl adjacent to an activating group) is 1. The second-order valence-corrected chi connectivity index (χ2v) is 5.72. The lowest BCUT2D eigenvalue weighted by Crippen LogP contribution is -2.54. The number of anilines is 1. The molecule has 1 unspecified atom stereocenters. The molecule has 3 nitrogen and oxygen atoms in total. The SMILES string of the molecule is CNC1CN(c2ccc(OC)cc2)CCC1(C)C. The summed E-state index contributed by atoms with van der Waals surface area (Å²) in [4.78, 5) is 2.45. The van der Waals surface area contributed by atoms with Gasteiger partial charge in [0.25, 0.3) is 0 Å². The van der Waals surface area contributed by atoms with Crippen molar-refractivity contribution >= 4 is 5.69 Å². The molecule has 0 amide bonds. The molecule has 1 aromatic carbocycles. The van der Waals surface area contributed by atoms with Gasteiger partial charge in [0.05, 0.1) is 7.11 Å². The fourth-order valence-corrected chi connectivity index (χ4v) is 2.67. The zero-order chi connectivity index (χ0) is 13.2. The fraction of sp³-hybridized carbons (Fsp3) is 0.600. The van der Waals surface area contributed by atoms with Crippen molar-refractivity contribution in [2.45, 2.75) is 26.3 Å². The van der Waals surface area contributed by atoms with E-state index in [1.807, 2.05) is 12.1 Å². The van der Waals surface area contributed by atoms with Crippen molar-refractivity contribution in [1.82, 2.24) is 5.32 Å². The van der Waals surface area contributed by atoms with Crippen LogP contribution in [0.4, 0.5) is 5.69 Å². The number of hydrogen-bond acceptors (Lipinski definition) is 3. The molecular weight excluding hydrogens is 224 g/mol. The molecule has 1 aliphatic rings. The van der Waals surface area contributed by atoms with E-state index >= 15 is 0 Å². The molecule has 0 spiro atoms. The Morgan fingerprint density at radius 1 is 1.28 bits per heavy atom. The second kappa shape index (κ2) is 5.19. The summed E-state index contributed by atoms with van der Waals surface area (Å²) in [6.07, 6.45) is 1.21. The molecule has 1 saturated heterocycles. The lowest BCUT2D eigenvalue weighted by molar-refractivity contribution is 0.208. The van der Waals surface area contributed by atoms with Crippen LogP contribution in [0.2, 0.25) is 0 Å². The Morgan fingerprint density at radius 3 is 2.50 bits per heavy atom. The van der Waals surface area contributed by atoms with Crippen molar-refractivity contribution in [2.75, 3.05) is 32.1 Å². The van der Waals surface area contributed by atoms with Crippen LogP contribution in [0.1, 0.15) is 20.3 Å². The first-order valence-electron chi connectivity index (χ1n) is 6.63. The lowest BCUT2D eigenvalue weighted by atomic mass is 9.78. The molecule has 0 saturated carbocycles. The Bertz CT molecular complexity index is 386. The van der Waals surface area contributed by atoms with Crippen LogP contribution in [0.25, 0.3) is 0 Å². The Morgan fingerprint density at radius 2 is 1.94 bits per heavy atom. The quantitative estimate of drug-likeness (QED) is 0.889. The molecule has 18 heavy (non-hydrogen) atoms. The van der Waals surface area contributed by atoms with Gasteiger partial charge in [0.2, 0.25) is 0 Å². The predicted molar refractivity (Wildman–Crippen MR) is 76.5 cm³/mol. The van der Waals surface area contributed by atoms with Crippen LogP contribution in [0.15, 0.2) is 24.3 Å². The van der Waals surface area contributed by atoms with Gasteiger partial charge in [-0.1, -0.05) is 13.8 Å². The standard InChI is InChI=1S/C15H24N2O/c1-15(2)9-10-17(11-14(15)16-3)12-5-7-13(18-4)8-6-12/h5-8,14,16H,9-11H2,1-4H3. The molecule has 100 valence electrons. The summed E-state index contributed by atoms with van der Waals surface area (Å²) in [6.45, 7) is 6.88. The van der Waals surface area contributed by atoms with E-state index < -0.39 is 0 Å². The van der Waals surface area contributed by atoms with Crippen molar-refractivity contribution < 1.29 is 4.74 Å². The Kier molecular flexibility index (Phi) is 3.81. The van der Waals surface area contributed by atoms with Gasteiger partial charge in [-0.2, -0.15) is 0 Å². The van der Waals surface area contributed by atoms with Gasteiger partial charge in [0.15, 0.2) is 0 Å². The van der Waals surface area contributed by atoms with E-state index in [2.05, 4.69) is 43.2 Å². The summed E-state index contributed by atoms with van der Waals surface area (Å²) in [7, 11) is 3.76. The van der Waals surface area contributed by atoms with Gasteiger partial charge >= 0.3 is 0 Å². The number of hydrogen-bond donors (Lipinski definition) is 1. The molecule has 1 atom stereocenters. The van der Waals surface area contributed by atoms with Crippen molar-refractivity contribution in [3.63, 3.8) is 0 Å². The molecule has 0 aliphatic carbocycles. The average molecular weight is 248 g/mol. The summed E-state index contributed by atoms with van der Waals surface area (Å²) < 4.78 is 5.20. The highest BCUT2D eigenvalue weighted by atomic mass is 16.5. The van der Waals surface area contributed by atoms with Crippen molar-refractivity contribution in [3.05, 3.63) is 24.3 Å². The van der Waals surface area contributed by atoms with Crippen molar-refractivity contribution in [3.8, 4) is 5.75 Å². The molecule has 1 aromatic rings. The normalized spacial score (nSPS) is 22.9. The molecule has 0 bridgehead atoms. The first-order valence-corrected chi connectivity index (χ1v) is 6.63. The van der Waals surface area contributed by atoms with Crippen molar-refractivity contribution in [1.29, 1.82) is 0 Å². The average Bonchev–Trinajstić information content (AvgIpc) is 2.39. The fourth-order valence-electron chi connectivity index (χ4n) is 2.67. The molecule has 0 radical (unpaired) electrons. The van der Waals surface area contributed by atoms with Crippen LogP contribution in [0.5, 0.6) is 5.75 Å². The Balaban J connectivity index is 2.10. The largest absolute Gasteiger partial charge is 0.497 e. The van der Waals surface area contributed by atoms with Gasteiger partial charge in [-0.15, -0.1) is 0 Å². The molecule has 0 aromatic heterocycles. The van der Waals surface area contributed by atoms with Gasteiger partial charge in [0.1, 0.15) is 5.75 Å². The van der Waals surface area contributed by atoms with Crippen LogP contribution < -0.4 is 15.0 Å². The van der Waals surface area contributed by atoms with E-state index in [9.17, 15) is 0 Å². The highest BCUT2D eigenvalue weighted by Gasteiger charge is 2.34. The molecule has 1 N–H and O–H groups in total. The number of nitrogens with one attached hydrogen (secondary N) is 1. The third-order valence-corrected chi connectivity index (χ3v) is 4.16. The minimum absolute atomic E-state index is 0.373.